The van der Waals surface area contributed by atoms with Gasteiger partial charge in [0.2, 0.25) is 0 Å². The van der Waals surface area contributed by atoms with Crippen LogP contribution in [-0.4, -0.2) is 21.5 Å². The molecule has 2 fully saturated rings. The zero-order valence-electron chi connectivity index (χ0n) is 11.0. The maximum atomic E-state index is 10.7. The van der Waals surface area contributed by atoms with Crippen LogP contribution in [0.15, 0.2) is 30.3 Å². The topological polar surface area (TPSA) is 61.7 Å². The van der Waals surface area contributed by atoms with E-state index >= 15 is 0 Å². The molecule has 0 aromatic heterocycles. The minimum absolute atomic E-state index is 0.211. The first kappa shape index (κ1) is 13.1. The summed E-state index contributed by atoms with van der Waals surface area (Å²) < 4.78 is 0. The molecule has 3 rings (SSSR count). The van der Waals surface area contributed by atoms with E-state index in [0.29, 0.717) is 19.3 Å². The molecule has 0 radical (unpaired) electrons. The fraction of sp³-hybridized carbons (Fsp3) is 0.600. The van der Waals surface area contributed by atoms with Crippen molar-refractivity contribution in [3.63, 3.8) is 0 Å². The molecule has 2 aliphatic rings. The van der Waals surface area contributed by atoms with Crippen LogP contribution in [0.25, 0.3) is 0 Å². The van der Waals surface area contributed by atoms with Crippen molar-refractivity contribution in [2.45, 2.75) is 56.0 Å². The lowest BCUT2D eigenvalue weighted by atomic mass is 9.75. The van der Waals surface area contributed by atoms with Crippen molar-refractivity contribution in [3.8, 4) is 0 Å². The largest absolute Gasteiger partial charge is 0.385 e. The first-order valence-electron chi connectivity index (χ1n) is 7.06. The van der Waals surface area contributed by atoms with Crippen LogP contribution in [-0.2, 0) is 4.84 Å². The Morgan fingerprint density at radius 2 is 1.74 bits per heavy atom. The van der Waals surface area contributed by atoms with Crippen molar-refractivity contribution >= 4 is 0 Å². The maximum Gasteiger partial charge on any atom is 0.169 e. The molecule has 1 aliphatic carbocycles. The zero-order chi connectivity index (χ0) is 13.3. The summed E-state index contributed by atoms with van der Waals surface area (Å²) in [4.78, 5) is 5.51. The van der Waals surface area contributed by atoms with Gasteiger partial charge in [-0.1, -0.05) is 49.6 Å². The quantitative estimate of drug-likeness (QED) is 0.764. The van der Waals surface area contributed by atoms with Crippen LogP contribution in [0.1, 0.15) is 50.2 Å². The van der Waals surface area contributed by atoms with Crippen molar-refractivity contribution in [3.05, 3.63) is 35.9 Å². The fourth-order valence-electron chi connectivity index (χ4n) is 3.21. The number of nitrogens with one attached hydrogen (secondary N) is 1. The van der Waals surface area contributed by atoms with Gasteiger partial charge in [0.05, 0.1) is 0 Å². The maximum absolute atomic E-state index is 10.7. The van der Waals surface area contributed by atoms with Gasteiger partial charge in [0, 0.05) is 6.42 Å². The van der Waals surface area contributed by atoms with Gasteiger partial charge in [-0.3, -0.25) is 4.84 Å². The molecular formula is C15H21NO3. The second-order valence-electron chi connectivity index (χ2n) is 5.78. The Hall–Kier alpha value is -0.940. The van der Waals surface area contributed by atoms with Crippen LogP contribution in [0.5, 0.6) is 0 Å². The molecule has 4 heteroatoms. The summed E-state index contributed by atoms with van der Waals surface area (Å²) in [6, 6.07) is 9.80. The summed E-state index contributed by atoms with van der Waals surface area (Å²) >= 11 is 0. The number of hydroxylamine groups is 1. The van der Waals surface area contributed by atoms with Crippen LogP contribution >= 0.6 is 0 Å². The van der Waals surface area contributed by atoms with E-state index in [1.54, 1.807) is 0 Å². The number of aliphatic hydroxyl groups is 2. The van der Waals surface area contributed by atoms with Crippen molar-refractivity contribution in [1.82, 2.24) is 5.48 Å². The lowest BCUT2D eigenvalue weighted by Gasteiger charge is -2.42. The molecule has 0 spiro atoms. The molecule has 1 heterocycles. The first-order chi connectivity index (χ1) is 9.13. The van der Waals surface area contributed by atoms with Crippen molar-refractivity contribution in [2.24, 2.45) is 0 Å². The summed E-state index contributed by atoms with van der Waals surface area (Å²) in [6.07, 6.45) is 4.46. The molecule has 1 saturated carbocycles. The molecule has 2 atom stereocenters. The van der Waals surface area contributed by atoms with E-state index in [0.717, 1.165) is 24.8 Å². The van der Waals surface area contributed by atoms with Crippen LogP contribution in [0.3, 0.4) is 0 Å². The van der Waals surface area contributed by atoms with E-state index in [4.69, 9.17) is 4.84 Å². The van der Waals surface area contributed by atoms with Crippen molar-refractivity contribution in [1.29, 1.82) is 0 Å². The molecule has 1 aromatic rings. The second kappa shape index (κ2) is 4.87. The SMILES string of the molecule is OC1([C@]2(O)C[C@H](c3ccccc3)ON2)CCCCC1. The Morgan fingerprint density at radius 3 is 2.42 bits per heavy atom. The highest BCUT2D eigenvalue weighted by Crippen LogP contribution is 2.44. The molecule has 1 aromatic carbocycles. The average Bonchev–Trinajstić information content (AvgIpc) is 2.85. The summed E-state index contributed by atoms with van der Waals surface area (Å²) in [5, 5.41) is 21.4. The number of benzene rings is 1. The predicted octanol–water partition coefficient (Wildman–Crippen LogP) is 2.04. The smallest absolute Gasteiger partial charge is 0.169 e. The van der Waals surface area contributed by atoms with Gasteiger partial charge in [0.15, 0.2) is 5.72 Å². The number of hydrogen-bond donors (Lipinski definition) is 3. The van der Waals surface area contributed by atoms with Crippen LogP contribution in [0, 0.1) is 0 Å². The van der Waals surface area contributed by atoms with Crippen LogP contribution in [0.4, 0.5) is 0 Å². The van der Waals surface area contributed by atoms with E-state index in [1.165, 1.54) is 0 Å². The minimum Gasteiger partial charge on any atom is -0.385 e. The molecule has 0 amide bonds. The molecule has 4 nitrogen and oxygen atoms in total. The highest BCUT2D eigenvalue weighted by molar-refractivity contribution is 5.19. The third kappa shape index (κ3) is 2.30. The van der Waals surface area contributed by atoms with Crippen molar-refractivity contribution in [2.75, 3.05) is 0 Å². The van der Waals surface area contributed by atoms with Crippen LogP contribution in [0.2, 0.25) is 0 Å². The van der Waals surface area contributed by atoms with Crippen LogP contribution < -0.4 is 5.48 Å². The standard InChI is InChI=1S/C15H21NO3/c17-14(9-5-2-6-10-14)15(18)11-13(19-16-15)12-7-3-1-4-8-12/h1,3-4,7-8,13,16-18H,2,5-6,9-11H2/t13-,15-/m1/s1. The summed E-state index contributed by atoms with van der Waals surface area (Å²) in [7, 11) is 0. The van der Waals surface area contributed by atoms with E-state index < -0.39 is 11.3 Å². The monoisotopic (exact) mass is 263 g/mol. The van der Waals surface area contributed by atoms with E-state index in [-0.39, 0.29) is 6.10 Å². The molecular weight excluding hydrogens is 242 g/mol. The Morgan fingerprint density at radius 1 is 1.05 bits per heavy atom. The first-order valence-corrected chi connectivity index (χ1v) is 7.06. The fourth-order valence-corrected chi connectivity index (χ4v) is 3.21. The third-order valence-electron chi connectivity index (χ3n) is 4.47. The average molecular weight is 263 g/mol. The normalized spacial score (nSPS) is 34.3. The lowest BCUT2D eigenvalue weighted by molar-refractivity contribution is -0.202. The van der Waals surface area contributed by atoms with E-state index in [1.807, 2.05) is 30.3 Å². The third-order valence-corrected chi connectivity index (χ3v) is 4.47. The molecule has 104 valence electrons. The minimum atomic E-state index is -1.34. The van der Waals surface area contributed by atoms with Gasteiger partial charge in [0.25, 0.3) is 0 Å². The van der Waals surface area contributed by atoms with Gasteiger partial charge >= 0.3 is 0 Å². The second-order valence-corrected chi connectivity index (χ2v) is 5.78. The Bertz CT molecular complexity index is 430. The van der Waals surface area contributed by atoms with Gasteiger partial charge in [-0.2, -0.15) is 5.48 Å². The molecule has 19 heavy (non-hydrogen) atoms. The predicted molar refractivity (Wildman–Crippen MR) is 71.0 cm³/mol. The Kier molecular flexibility index (Phi) is 3.35. The molecule has 0 bridgehead atoms. The molecule has 0 unspecified atom stereocenters. The highest BCUT2D eigenvalue weighted by atomic mass is 16.7. The Labute approximate surface area is 113 Å². The molecule has 1 aliphatic heterocycles. The zero-order valence-corrected chi connectivity index (χ0v) is 11.0. The van der Waals surface area contributed by atoms with Gasteiger partial charge in [-0.05, 0) is 18.4 Å². The van der Waals surface area contributed by atoms with Gasteiger partial charge in [-0.25, -0.2) is 0 Å². The summed E-state index contributed by atoms with van der Waals surface area (Å²) in [5.74, 6) is 0. The highest BCUT2D eigenvalue weighted by Gasteiger charge is 2.54. The van der Waals surface area contributed by atoms with Gasteiger partial charge in [-0.15, -0.1) is 0 Å². The summed E-state index contributed by atoms with van der Waals surface area (Å²) in [5.41, 5.74) is 1.30. The van der Waals surface area contributed by atoms with E-state index in [9.17, 15) is 10.2 Å². The number of rotatable bonds is 2. The van der Waals surface area contributed by atoms with Gasteiger partial charge < -0.3 is 10.2 Å². The summed E-state index contributed by atoms with van der Waals surface area (Å²) in [6.45, 7) is 0. The molecule has 1 saturated heterocycles. The van der Waals surface area contributed by atoms with E-state index in [2.05, 4.69) is 5.48 Å². The van der Waals surface area contributed by atoms with Gasteiger partial charge in [0.1, 0.15) is 11.7 Å². The Balaban J connectivity index is 1.77. The van der Waals surface area contributed by atoms with Crippen molar-refractivity contribution < 1.29 is 15.1 Å². The lowest BCUT2D eigenvalue weighted by Crippen LogP contribution is -2.60. The number of hydrogen-bond acceptors (Lipinski definition) is 4. The molecule has 3 N–H and O–H groups in total.